The minimum Gasteiger partial charge on any atom is -0.372 e. The number of aryl methyl sites for hydroxylation is 1. The quantitative estimate of drug-likeness (QED) is 0.810. The van der Waals surface area contributed by atoms with Crippen LogP contribution in [0.25, 0.3) is 0 Å². The fourth-order valence-corrected chi connectivity index (χ4v) is 2.99. The van der Waals surface area contributed by atoms with Gasteiger partial charge in [-0.2, -0.15) is 5.10 Å². The number of nitrogens with zero attached hydrogens (tertiary/aromatic N) is 2. The maximum atomic E-state index is 13.0. The Morgan fingerprint density at radius 2 is 2.12 bits per heavy atom. The highest BCUT2D eigenvalue weighted by Crippen LogP contribution is 2.32. The molecule has 0 spiro atoms. The fourth-order valence-electron chi connectivity index (χ4n) is 2.38. The van der Waals surface area contributed by atoms with E-state index in [1.54, 1.807) is 25.1 Å². The van der Waals surface area contributed by atoms with Crippen molar-refractivity contribution in [3.63, 3.8) is 0 Å². The molecule has 1 N–H and O–H groups in total. The molecule has 0 fully saturated rings. The van der Waals surface area contributed by atoms with Gasteiger partial charge in [-0.3, -0.25) is 9.48 Å². The van der Waals surface area contributed by atoms with Gasteiger partial charge in [0.05, 0.1) is 12.1 Å². The Bertz CT molecular complexity index is 783. The molecule has 0 aliphatic heterocycles. The Morgan fingerprint density at radius 3 is 2.68 bits per heavy atom. The van der Waals surface area contributed by atoms with E-state index >= 15 is 0 Å². The van der Waals surface area contributed by atoms with Crippen molar-refractivity contribution in [2.24, 2.45) is 7.05 Å². The fraction of sp³-hybridized carbons (Fsp3) is 0.375. The number of carbonyl (C=O) groups excluding carboxylic acids is 1. The number of alkyl halides is 2. The van der Waals surface area contributed by atoms with Gasteiger partial charge >= 0.3 is 0 Å². The van der Waals surface area contributed by atoms with Gasteiger partial charge in [0.15, 0.2) is 0 Å². The van der Waals surface area contributed by atoms with Crippen LogP contribution in [-0.2, 0) is 17.4 Å². The third kappa shape index (κ3) is 4.29. The molecule has 1 heterocycles. The van der Waals surface area contributed by atoms with Crippen molar-refractivity contribution in [1.29, 1.82) is 0 Å². The molecular formula is C16H17Cl2F2N3O2. The van der Waals surface area contributed by atoms with Crippen LogP contribution in [0, 0.1) is 0 Å². The topological polar surface area (TPSA) is 56.1 Å². The zero-order valence-electron chi connectivity index (χ0n) is 13.8. The predicted octanol–water partition coefficient (Wildman–Crippen LogP) is 3.96. The van der Waals surface area contributed by atoms with Crippen LogP contribution < -0.4 is 5.32 Å². The molecule has 2 aromatic rings. The molecule has 1 amide bonds. The second kappa shape index (κ2) is 7.68. The summed E-state index contributed by atoms with van der Waals surface area (Å²) in [7, 11) is 2.93. The molecule has 2 rings (SSSR count). The number of rotatable bonds is 6. The zero-order valence-corrected chi connectivity index (χ0v) is 15.3. The van der Waals surface area contributed by atoms with Crippen molar-refractivity contribution < 1.29 is 18.3 Å². The zero-order chi connectivity index (χ0) is 18.8. The number of hydrogen-bond acceptors (Lipinski definition) is 3. The SMILES string of the molecule is COC(C)(CNC(=O)c1cn(C)nc1C(F)F)c1ccc(Cl)cc1Cl. The number of carbonyl (C=O) groups is 1. The third-order valence-corrected chi connectivity index (χ3v) is 4.39. The van der Waals surface area contributed by atoms with E-state index in [2.05, 4.69) is 10.4 Å². The van der Waals surface area contributed by atoms with Gasteiger partial charge in [-0.1, -0.05) is 29.3 Å². The Balaban J connectivity index is 2.21. The van der Waals surface area contributed by atoms with Crippen molar-refractivity contribution in [3.05, 3.63) is 51.3 Å². The van der Waals surface area contributed by atoms with Crippen molar-refractivity contribution in [2.75, 3.05) is 13.7 Å². The van der Waals surface area contributed by atoms with E-state index in [1.807, 2.05) is 0 Å². The van der Waals surface area contributed by atoms with E-state index in [0.717, 1.165) is 0 Å². The molecule has 136 valence electrons. The number of aromatic nitrogens is 2. The number of benzene rings is 1. The van der Waals surface area contributed by atoms with E-state index in [4.69, 9.17) is 27.9 Å². The minimum atomic E-state index is -2.85. The normalized spacial score (nSPS) is 13.8. The Morgan fingerprint density at radius 1 is 1.44 bits per heavy atom. The first-order valence-electron chi connectivity index (χ1n) is 7.28. The van der Waals surface area contributed by atoms with Crippen LogP contribution in [0.2, 0.25) is 10.0 Å². The smallest absolute Gasteiger partial charge is 0.282 e. The van der Waals surface area contributed by atoms with E-state index in [9.17, 15) is 13.6 Å². The van der Waals surface area contributed by atoms with E-state index in [1.165, 1.54) is 25.0 Å². The molecule has 9 heteroatoms. The summed E-state index contributed by atoms with van der Waals surface area (Å²) >= 11 is 12.1. The number of ether oxygens (including phenoxy) is 1. The van der Waals surface area contributed by atoms with E-state index in [-0.39, 0.29) is 12.1 Å². The van der Waals surface area contributed by atoms with Gasteiger partial charge in [-0.15, -0.1) is 0 Å². The highest BCUT2D eigenvalue weighted by atomic mass is 35.5. The van der Waals surface area contributed by atoms with Crippen molar-refractivity contribution in [3.8, 4) is 0 Å². The maximum absolute atomic E-state index is 13.0. The Kier molecular flexibility index (Phi) is 6.03. The first-order valence-corrected chi connectivity index (χ1v) is 8.04. The maximum Gasteiger partial charge on any atom is 0.282 e. The molecule has 1 unspecified atom stereocenters. The van der Waals surface area contributed by atoms with Crippen LogP contribution in [0.4, 0.5) is 8.78 Å². The third-order valence-electron chi connectivity index (χ3n) is 3.85. The summed E-state index contributed by atoms with van der Waals surface area (Å²) < 4.78 is 32.6. The molecule has 1 atom stereocenters. The first-order chi connectivity index (χ1) is 11.7. The number of hydrogen-bond donors (Lipinski definition) is 1. The van der Waals surface area contributed by atoms with Crippen LogP contribution in [-0.4, -0.2) is 29.3 Å². The molecule has 0 aliphatic rings. The van der Waals surface area contributed by atoms with Gasteiger partial charge in [0.2, 0.25) is 0 Å². The molecule has 1 aromatic carbocycles. The number of halogens is 4. The minimum absolute atomic E-state index is 0.0151. The Hall–Kier alpha value is -1.70. The number of methoxy groups -OCH3 is 1. The van der Waals surface area contributed by atoms with Gasteiger partial charge < -0.3 is 10.1 Å². The van der Waals surface area contributed by atoms with Crippen LogP contribution in [0.1, 0.15) is 35.0 Å². The summed E-state index contributed by atoms with van der Waals surface area (Å²) in [6.45, 7) is 1.74. The number of nitrogens with one attached hydrogen (secondary N) is 1. The molecule has 0 aliphatic carbocycles. The molecule has 1 aromatic heterocycles. The van der Waals surface area contributed by atoms with Gasteiger partial charge in [0.1, 0.15) is 11.3 Å². The summed E-state index contributed by atoms with van der Waals surface area (Å²) in [5, 5.41) is 7.06. The summed E-state index contributed by atoms with van der Waals surface area (Å²) in [5.74, 6) is -0.670. The van der Waals surface area contributed by atoms with Gasteiger partial charge in [0, 0.05) is 36.0 Å². The lowest BCUT2D eigenvalue weighted by atomic mass is 9.95. The standard InChI is InChI=1S/C16H17Cl2F2N3O2/c1-16(25-3,11-5-4-9(17)6-12(11)18)8-21-15(24)10-7-23(2)22-13(10)14(19)20/h4-7,14H,8H2,1-3H3,(H,21,24). The second-order valence-corrected chi connectivity index (χ2v) is 6.49. The Labute approximate surface area is 153 Å². The number of amides is 1. The van der Waals surface area contributed by atoms with Crippen molar-refractivity contribution >= 4 is 29.1 Å². The lowest BCUT2D eigenvalue weighted by Gasteiger charge is -2.30. The highest BCUT2D eigenvalue weighted by Gasteiger charge is 2.31. The summed E-state index contributed by atoms with van der Waals surface area (Å²) in [6.07, 6.45) is -1.60. The molecular weight excluding hydrogens is 375 g/mol. The highest BCUT2D eigenvalue weighted by molar-refractivity contribution is 6.35. The van der Waals surface area contributed by atoms with Gasteiger partial charge in [0.25, 0.3) is 12.3 Å². The summed E-state index contributed by atoms with van der Waals surface area (Å²) in [6, 6.07) is 4.90. The monoisotopic (exact) mass is 391 g/mol. The first kappa shape index (κ1) is 19.6. The summed E-state index contributed by atoms with van der Waals surface area (Å²) in [4.78, 5) is 12.3. The summed E-state index contributed by atoms with van der Waals surface area (Å²) in [5.41, 5.74) is -1.10. The molecule has 0 radical (unpaired) electrons. The van der Waals surface area contributed by atoms with E-state index in [0.29, 0.717) is 15.6 Å². The second-order valence-electron chi connectivity index (χ2n) is 5.64. The van der Waals surface area contributed by atoms with Crippen LogP contribution in [0.15, 0.2) is 24.4 Å². The molecule has 0 saturated carbocycles. The molecule has 0 bridgehead atoms. The average molecular weight is 392 g/mol. The van der Waals surface area contributed by atoms with Crippen LogP contribution >= 0.6 is 23.2 Å². The van der Waals surface area contributed by atoms with Crippen LogP contribution in [0.5, 0.6) is 0 Å². The molecule has 25 heavy (non-hydrogen) atoms. The lowest BCUT2D eigenvalue weighted by Crippen LogP contribution is -2.40. The van der Waals surface area contributed by atoms with E-state index < -0.39 is 23.6 Å². The van der Waals surface area contributed by atoms with Crippen LogP contribution in [0.3, 0.4) is 0 Å². The largest absolute Gasteiger partial charge is 0.372 e. The van der Waals surface area contributed by atoms with Crippen molar-refractivity contribution in [2.45, 2.75) is 19.0 Å². The van der Waals surface area contributed by atoms with Gasteiger partial charge in [-0.05, 0) is 19.1 Å². The molecule has 0 saturated heterocycles. The van der Waals surface area contributed by atoms with Gasteiger partial charge in [-0.25, -0.2) is 8.78 Å². The molecule has 5 nitrogen and oxygen atoms in total. The van der Waals surface area contributed by atoms with Crippen molar-refractivity contribution in [1.82, 2.24) is 15.1 Å². The average Bonchev–Trinajstić information content (AvgIpc) is 2.94. The predicted molar refractivity (Wildman–Crippen MR) is 91.3 cm³/mol. The lowest BCUT2D eigenvalue weighted by molar-refractivity contribution is 0.00319.